The molecule has 1 aliphatic carbocycles. The molecule has 0 unspecified atom stereocenters. The van der Waals surface area contributed by atoms with Crippen molar-refractivity contribution in [3.8, 4) is 5.69 Å². The minimum atomic E-state index is 0.0222. The third-order valence-corrected chi connectivity index (χ3v) is 5.77. The van der Waals surface area contributed by atoms with Crippen LogP contribution < -0.4 is 5.32 Å². The summed E-state index contributed by atoms with van der Waals surface area (Å²) >= 11 is 0. The average molecular weight is 382 g/mol. The van der Waals surface area contributed by atoms with E-state index in [9.17, 15) is 4.79 Å². The van der Waals surface area contributed by atoms with Crippen LogP contribution >= 0.6 is 0 Å². The van der Waals surface area contributed by atoms with Crippen LogP contribution in [0.15, 0.2) is 30.3 Å². The van der Waals surface area contributed by atoms with Gasteiger partial charge in [0.05, 0.1) is 0 Å². The maximum Gasteiger partial charge on any atom is 0.251 e. The molecule has 1 aliphatic rings. The molecule has 0 saturated heterocycles. The van der Waals surface area contributed by atoms with Crippen molar-refractivity contribution in [2.45, 2.75) is 58.8 Å². The number of aryl methyl sites for hydroxylation is 2. The molecule has 4 heteroatoms. The fraction of sp³-hybridized carbons (Fsp3) is 0.542. The number of nitrogens with zero attached hydrogens (tertiary/aromatic N) is 2. The molecule has 1 N–H and O–H groups in total. The lowest BCUT2D eigenvalue weighted by atomic mass is 9.98. The van der Waals surface area contributed by atoms with Gasteiger partial charge in [0.15, 0.2) is 0 Å². The first-order valence-electron chi connectivity index (χ1n) is 10.9. The van der Waals surface area contributed by atoms with E-state index in [0.29, 0.717) is 0 Å². The van der Waals surface area contributed by atoms with Gasteiger partial charge >= 0.3 is 0 Å². The molecule has 0 bridgehead atoms. The molecular weight excluding hydrogens is 346 g/mol. The van der Waals surface area contributed by atoms with Gasteiger partial charge < -0.3 is 14.8 Å². The highest BCUT2D eigenvalue weighted by molar-refractivity contribution is 5.94. The van der Waals surface area contributed by atoms with Crippen LogP contribution in [-0.2, 0) is 12.8 Å². The van der Waals surface area contributed by atoms with Crippen LogP contribution in [0.4, 0.5) is 0 Å². The molecule has 4 nitrogen and oxygen atoms in total. The number of fused-ring (bicyclic) bond motifs is 1. The molecule has 0 spiro atoms. The van der Waals surface area contributed by atoms with Crippen molar-refractivity contribution in [1.82, 2.24) is 14.8 Å². The Balaban J connectivity index is 1.55. The normalized spacial score (nSPS) is 13.6. The largest absolute Gasteiger partial charge is 0.352 e. The Bertz CT molecular complexity index is 776. The van der Waals surface area contributed by atoms with Crippen molar-refractivity contribution in [2.24, 2.45) is 0 Å². The molecule has 1 amide bonds. The zero-order valence-electron chi connectivity index (χ0n) is 17.8. The fourth-order valence-electron chi connectivity index (χ4n) is 4.17. The molecule has 0 aliphatic heterocycles. The van der Waals surface area contributed by atoms with E-state index in [0.717, 1.165) is 43.7 Å². The van der Waals surface area contributed by atoms with Gasteiger partial charge in [-0.3, -0.25) is 4.79 Å². The maximum absolute atomic E-state index is 12.4. The topological polar surface area (TPSA) is 37.3 Å². The van der Waals surface area contributed by atoms with Crippen LogP contribution in [0.25, 0.3) is 5.69 Å². The summed E-state index contributed by atoms with van der Waals surface area (Å²) in [5.41, 5.74) is 6.13. The molecule has 1 heterocycles. The van der Waals surface area contributed by atoms with Crippen LogP contribution in [0.1, 0.15) is 66.3 Å². The number of hydrogen-bond donors (Lipinski definition) is 1. The van der Waals surface area contributed by atoms with Gasteiger partial charge in [-0.2, -0.15) is 0 Å². The predicted molar refractivity (Wildman–Crippen MR) is 117 cm³/mol. The minimum absolute atomic E-state index is 0.0222. The zero-order chi connectivity index (χ0) is 19.9. The van der Waals surface area contributed by atoms with Gasteiger partial charge in [-0.15, -0.1) is 0 Å². The maximum atomic E-state index is 12.4. The summed E-state index contributed by atoms with van der Waals surface area (Å²) in [5, 5.41) is 3.05. The molecule has 0 fully saturated rings. The summed E-state index contributed by atoms with van der Waals surface area (Å²) in [6, 6.07) is 10.4. The number of aromatic nitrogens is 1. The summed E-state index contributed by atoms with van der Waals surface area (Å²) < 4.78 is 2.36. The van der Waals surface area contributed by atoms with E-state index in [1.165, 1.54) is 49.1 Å². The second-order valence-corrected chi connectivity index (χ2v) is 8.11. The SMILES string of the molecule is CCCCN(C)CCCNC(=O)c1ccc(-n2c(C)cc3c2CCCC3)cc1. The Morgan fingerprint density at radius 1 is 1.11 bits per heavy atom. The van der Waals surface area contributed by atoms with Gasteiger partial charge in [-0.25, -0.2) is 0 Å². The zero-order valence-corrected chi connectivity index (χ0v) is 17.8. The monoisotopic (exact) mass is 381 g/mol. The number of benzene rings is 1. The Morgan fingerprint density at radius 3 is 2.57 bits per heavy atom. The number of carbonyl (C=O) groups excluding carboxylic acids is 1. The number of nitrogens with one attached hydrogen (secondary N) is 1. The van der Waals surface area contributed by atoms with E-state index < -0.39 is 0 Å². The second kappa shape index (κ2) is 9.92. The van der Waals surface area contributed by atoms with E-state index in [4.69, 9.17) is 0 Å². The van der Waals surface area contributed by atoms with E-state index in [-0.39, 0.29) is 5.91 Å². The van der Waals surface area contributed by atoms with Crippen LogP contribution in [0.5, 0.6) is 0 Å². The van der Waals surface area contributed by atoms with Crippen LogP contribution in [0, 0.1) is 6.92 Å². The highest BCUT2D eigenvalue weighted by Gasteiger charge is 2.17. The number of hydrogen-bond acceptors (Lipinski definition) is 2. The Morgan fingerprint density at radius 2 is 1.82 bits per heavy atom. The molecule has 0 atom stereocenters. The summed E-state index contributed by atoms with van der Waals surface area (Å²) in [5.74, 6) is 0.0222. The summed E-state index contributed by atoms with van der Waals surface area (Å²) in [6.07, 6.45) is 8.35. The quantitative estimate of drug-likeness (QED) is 0.649. The Hall–Kier alpha value is -2.07. The van der Waals surface area contributed by atoms with Gasteiger partial charge in [-0.1, -0.05) is 13.3 Å². The number of unbranched alkanes of at least 4 members (excludes halogenated alkanes) is 1. The lowest BCUT2D eigenvalue weighted by Gasteiger charge is -2.17. The van der Waals surface area contributed by atoms with Gasteiger partial charge in [0.25, 0.3) is 5.91 Å². The molecule has 1 aromatic carbocycles. The molecular formula is C24H35N3O. The second-order valence-electron chi connectivity index (χ2n) is 8.11. The summed E-state index contributed by atoms with van der Waals surface area (Å²) in [7, 11) is 2.15. The van der Waals surface area contributed by atoms with Crippen molar-refractivity contribution in [3.05, 3.63) is 52.8 Å². The summed E-state index contributed by atoms with van der Waals surface area (Å²) in [6.45, 7) is 7.27. The highest BCUT2D eigenvalue weighted by atomic mass is 16.1. The van der Waals surface area contributed by atoms with Gasteiger partial charge in [0.1, 0.15) is 0 Å². The summed E-state index contributed by atoms with van der Waals surface area (Å²) in [4.78, 5) is 14.8. The van der Waals surface area contributed by atoms with Crippen LogP contribution in [-0.4, -0.2) is 42.1 Å². The molecule has 3 rings (SSSR count). The van der Waals surface area contributed by atoms with Crippen LogP contribution in [0.2, 0.25) is 0 Å². The van der Waals surface area contributed by atoms with Crippen molar-refractivity contribution in [3.63, 3.8) is 0 Å². The van der Waals surface area contributed by atoms with Crippen molar-refractivity contribution in [1.29, 1.82) is 0 Å². The van der Waals surface area contributed by atoms with E-state index >= 15 is 0 Å². The number of rotatable bonds is 9. The minimum Gasteiger partial charge on any atom is -0.352 e. The molecule has 0 saturated carbocycles. The molecule has 152 valence electrons. The third kappa shape index (κ3) is 5.05. The van der Waals surface area contributed by atoms with Crippen molar-refractivity contribution < 1.29 is 4.79 Å². The van der Waals surface area contributed by atoms with E-state index in [1.807, 2.05) is 12.1 Å². The lowest BCUT2D eigenvalue weighted by molar-refractivity contribution is 0.0952. The number of amides is 1. The first-order valence-corrected chi connectivity index (χ1v) is 10.9. The van der Waals surface area contributed by atoms with Gasteiger partial charge in [-0.05, 0) is 101 Å². The van der Waals surface area contributed by atoms with Crippen molar-refractivity contribution in [2.75, 3.05) is 26.7 Å². The van der Waals surface area contributed by atoms with E-state index in [1.54, 1.807) is 0 Å². The first kappa shape index (κ1) is 20.7. The number of carbonyl (C=O) groups is 1. The first-order chi connectivity index (χ1) is 13.6. The van der Waals surface area contributed by atoms with Gasteiger partial charge in [0.2, 0.25) is 0 Å². The Labute approximate surface area is 169 Å². The van der Waals surface area contributed by atoms with Crippen molar-refractivity contribution >= 4 is 5.91 Å². The average Bonchev–Trinajstić information content (AvgIpc) is 3.05. The molecule has 1 aromatic heterocycles. The Kier molecular flexibility index (Phi) is 7.32. The lowest BCUT2D eigenvalue weighted by Crippen LogP contribution is -2.28. The molecule has 28 heavy (non-hydrogen) atoms. The third-order valence-electron chi connectivity index (χ3n) is 5.77. The standard InChI is InChI=1S/C24H35N3O/c1-4-5-16-26(3)17-8-15-25-24(28)20-11-13-22(14-12-20)27-19(2)18-21-9-6-7-10-23(21)27/h11-14,18H,4-10,15-17H2,1-3H3,(H,25,28). The molecule has 2 aromatic rings. The predicted octanol–water partition coefficient (Wildman–Crippen LogP) is 4.52. The molecule has 0 radical (unpaired) electrons. The van der Waals surface area contributed by atoms with Gasteiger partial charge in [0, 0.05) is 29.2 Å². The smallest absolute Gasteiger partial charge is 0.251 e. The fourth-order valence-corrected chi connectivity index (χ4v) is 4.17. The highest BCUT2D eigenvalue weighted by Crippen LogP contribution is 2.28. The van der Waals surface area contributed by atoms with Crippen LogP contribution in [0.3, 0.4) is 0 Å². The van der Waals surface area contributed by atoms with E-state index in [2.05, 4.69) is 53.9 Å².